The number of halogens is 1. The van der Waals surface area contributed by atoms with Gasteiger partial charge in [0.15, 0.2) is 5.78 Å². The number of sulfonamides is 1. The first-order chi connectivity index (χ1) is 12.8. The number of benzene rings is 2. The van der Waals surface area contributed by atoms with E-state index in [0.29, 0.717) is 18.7 Å². The Labute approximate surface area is 162 Å². The predicted molar refractivity (Wildman–Crippen MR) is 101 cm³/mol. The molecule has 0 atom stereocenters. The highest BCUT2D eigenvalue weighted by atomic mass is 35.5. The third-order valence-corrected chi connectivity index (χ3v) is 6.56. The summed E-state index contributed by atoms with van der Waals surface area (Å²) in [5.74, 6) is -0.640. The summed E-state index contributed by atoms with van der Waals surface area (Å²) < 4.78 is 32.0. The third-order valence-electron chi connectivity index (χ3n) is 4.33. The first-order valence-electron chi connectivity index (χ1n) is 8.42. The van der Waals surface area contributed by atoms with Gasteiger partial charge in [0.25, 0.3) is 0 Å². The largest absolute Gasteiger partial charge is 0.423 e. The summed E-state index contributed by atoms with van der Waals surface area (Å²) in [6.07, 6.45) is 1.63. The summed E-state index contributed by atoms with van der Waals surface area (Å²) in [7, 11) is -3.67. The maximum Gasteiger partial charge on any atom is 0.345 e. The molecule has 1 fully saturated rings. The SMILES string of the molecule is CC(=O)c1ccc(OC(=O)c2cc(S(=O)(=O)N3CCCC3)ccc2Cl)cc1. The average molecular weight is 408 g/mol. The van der Waals surface area contributed by atoms with Gasteiger partial charge in [0.05, 0.1) is 15.5 Å². The maximum atomic E-state index is 12.7. The Morgan fingerprint density at radius 1 is 1.04 bits per heavy atom. The number of hydrogen-bond acceptors (Lipinski definition) is 5. The van der Waals surface area contributed by atoms with Crippen LogP contribution < -0.4 is 4.74 Å². The molecule has 0 saturated carbocycles. The van der Waals surface area contributed by atoms with Crippen LogP contribution in [0.1, 0.15) is 40.5 Å². The Kier molecular flexibility index (Phi) is 5.64. The smallest absolute Gasteiger partial charge is 0.345 e. The number of carbonyl (C=O) groups is 2. The topological polar surface area (TPSA) is 80.8 Å². The van der Waals surface area contributed by atoms with Crippen LogP contribution in [0.5, 0.6) is 5.75 Å². The van der Waals surface area contributed by atoms with Crippen molar-refractivity contribution in [1.29, 1.82) is 0 Å². The van der Waals surface area contributed by atoms with Crippen LogP contribution in [0.3, 0.4) is 0 Å². The molecule has 3 rings (SSSR count). The maximum absolute atomic E-state index is 12.7. The van der Waals surface area contributed by atoms with Gasteiger partial charge in [0, 0.05) is 18.7 Å². The number of Topliss-reactive ketones (excluding diaryl/α,β-unsaturated/α-hetero) is 1. The van der Waals surface area contributed by atoms with E-state index >= 15 is 0 Å². The van der Waals surface area contributed by atoms with E-state index in [9.17, 15) is 18.0 Å². The van der Waals surface area contributed by atoms with Crippen molar-refractivity contribution in [3.05, 3.63) is 58.6 Å². The number of esters is 1. The third kappa shape index (κ3) is 4.21. The lowest BCUT2D eigenvalue weighted by Gasteiger charge is -2.16. The van der Waals surface area contributed by atoms with Crippen LogP contribution in [0.2, 0.25) is 5.02 Å². The van der Waals surface area contributed by atoms with Gasteiger partial charge in [-0.1, -0.05) is 11.6 Å². The molecule has 0 amide bonds. The van der Waals surface area contributed by atoms with Gasteiger partial charge in [0.2, 0.25) is 10.0 Å². The highest BCUT2D eigenvalue weighted by Gasteiger charge is 2.28. The molecule has 0 radical (unpaired) electrons. The predicted octanol–water partition coefficient (Wildman–Crippen LogP) is 3.55. The molecule has 1 saturated heterocycles. The minimum atomic E-state index is -3.67. The van der Waals surface area contributed by atoms with Gasteiger partial charge in [-0.15, -0.1) is 0 Å². The first-order valence-corrected chi connectivity index (χ1v) is 10.2. The second-order valence-electron chi connectivity index (χ2n) is 6.22. The van der Waals surface area contributed by atoms with Crippen molar-refractivity contribution in [2.45, 2.75) is 24.7 Å². The number of nitrogens with zero attached hydrogens (tertiary/aromatic N) is 1. The summed E-state index contributed by atoms with van der Waals surface area (Å²) in [4.78, 5) is 23.8. The summed E-state index contributed by atoms with van der Waals surface area (Å²) >= 11 is 6.08. The van der Waals surface area contributed by atoms with Crippen molar-refractivity contribution in [2.24, 2.45) is 0 Å². The summed E-state index contributed by atoms with van der Waals surface area (Å²) in [6, 6.07) is 10.1. The van der Waals surface area contributed by atoms with Gasteiger partial charge in [0.1, 0.15) is 5.75 Å². The fraction of sp³-hybridized carbons (Fsp3) is 0.263. The number of rotatable bonds is 5. The molecule has 0 aromatic heterocycles. The molecule has 1 aliphatic heterocycles. The number of hydrogen-bond donors (Lipinski definition) is 0. The van der Waals surface area contributed by atoms with Gasteiger partial charge in [-0.25, -0.2) is 13.2 Å². The van der Waals surface area contributed by atoms with E-state index in [4.69, 9.17) is 16.3 Å². The number of ether oxygens (including phenoxy) is 1. The Bertz CT molecular complexity index is 980. The van der Waals surface area contributed by atoms with Crippen molar-refractivity contribution in [3.8, 4) is 5.75 Å². The number of ketones is 1. The molecule has 1 aliphatic rings. The summed E-state index contributed by atoms with van der Waals surface area (Å²) in [5, 5.41) is 0.0979. The van der Waals surface area contributed by atoms with E-state index in [1.54, 1.807) is 12.1 Å². The summed E-state index contributed by atoms with van der Waals surface area (Å²) in [6.45, 7) is 2.37. The van der Waals surface area contributed by atoms with E-state index in [0.717, 1.165) is 12.8 Å². The first kappa shape index (κ1) is 19.5. The molecule has 6 nitrogen and oxygen atoms in total. The number of carbonyl (C=O) groups excluding carboxylic acids is 2. The van der Waals surface area contributed by atoms with Gasteiger partial charge in [-0.05, 0) is 62.2 Å². The molecule has 0 unspecified atom stereocenters. The Balaban J connectivity index is 1.85. The molecule has 27 heavy (non-hydrogen) atoms. The van der Waals surface area contributed by atoms with E-state index < -0.39 is 16.0 Å². The zero-order chi connectivity index (χ0) is 19.6. The molecule has 2 aromatic carbocycles. The lowest BCUT2D eigenvalue weighted by molar-refractivity contribution is 0.0734. The van der Waals surface area contributed by atoms with Gasteiger partial charge >= 0.3 is 5.97 Å². The molecule has 0 N–H and O–H groups in total. The van der Waals surface area contributed by atoms with Crippen molar-refractivity contribution in [1.82, 2.24) is 4.31 Å². The zero-order valence-corrected chi connectivity index (χ0v) is 16.2. The Hall–Kier alpha value is -2.22. The monoisotopic (exact) mass is 407 g/mol. The highest BCUT2D eigenvalue weighted by Crippen LogP contribution is 2.26. The molecule has 8 heteroatoms. The van der Waals surface area contributed by atoms with E-state index in [-0.39, 0.29) is 27.0 Å². The van der Waals surface area contributed by atoms with E-state index in [1.165, 1.54) is 41.6 Å². The standard InChI is InChI=1S/C19H18ClNO5S/c1-13(22)14-4-6-15(7-5-14)26-19(23)17-12-16(8-9-18(17)20)27(24,25)21-10-2-3-11-21/h4-9,12H,2-3,10-11H2,1H3. The second-order valence-corrected chi connectivity index (χ2v) is 8.57. The van der Waals surface area contributed by atoms with E-state index in [1.807, 2.05) is 0 Å². The van der Waals surface area contributed by atoms with Crippen molar-refractivity contribution < 1.29 is 22.7 Å². The second kappa shape index (κ2) is 7.80. The minimum absolute atomic E-state index is 0.00711. The zero-order valence-electron chi connectivity index (χ0n) is 14.6. The van der Waals surface area contributed by atoms with Crippen molar-refractivity contribution in [3.63, 3.8) is 0 Å². The lowest BCUT2D eigenvalue weighted by atomic mass is 10.1. The molecule has 0 spiro atoms. The normalized spacial score (nSPS) is 14.9. The fourth-order valence-electron chi connectivity index (χ4n) is 2.82. The molecular formula is C19H18ClNO5S. The van der Waals surface area contributed by atoms with Crippen LogP contribution in [-0.4, -0.2) is 37.6 Å². The van der Waals surface area contributed by atoms with Crippen LogP contribution in [0.25, 0.3) is 0 Å². The molecule has 0 bridgehead atoms. The van der Waals surface area contributed by atoms with E-state index in [2.05, 4.69) is 0 Å². The van der Waals surface area contributed by atoms with Crippen LogP contribution >= 0.6 is 11.6 Å². The average Bonchev–Trinajstić information content (AvgIpc) is 3.18. The van der Waals surface area contributed by atoms with Gasteiger partial charge in [-0.3, -0.25) is 4.79 Å². The van der Waals surface area contributed by atoms with Gasteiger partial charge in [-0.2, -0.15) is 4.31 Å². The Morgan fingerprint density at radius 3 is 2.26 bits per heavy atom. The van der Waals surface area contributed by atoms with Crippen LogP contribution in [0, 0.1) is 0 Å². The quantitative estimate of drug-likeness (QED) is 0.430. The van der Waals surface area contributed by atoms with Crippen LogP contribution in [-0.2, 0) is 10.0 Å². The Morgan fingerprint density at radius 2 is 1.67 bits per heavy atom. The molecule has 2 aromatic rings. The van der Waals surface area contributed by atoms with Crippen molar-refractivity contribution >= 4 is 33.4 Å². The summed E-state index contributed by atoms with van der Waals surface area (Å²) in [5.41, 5.74) is 0.458. The fourth-order valence-corrected chi connectivity index (χ4v) is 4.56. The van der Waals surface area contributed by atoms with Crippen molar-refractivity contribution in [2.75, 3.05) is 13.1 Å². The van der Waals surface area contributed by atoms with Crippen LogP contribution in [0.15, 0.2) is 47.4 Å². The molecule has 0 aliphatic carbocycles. The molecule has 142 valence electrons. The lowest BCUT2D eigenvalue weighted by Crippen LogP contribution is -2.28. The highest BCUT2D eigenvalue weighted by molar-refractivity contribution is 7.89. The van der Waals surface area contributed by atoms with Gasteiger partial charge < -0.3 is 4.74 Å². The minimum Gasteiger partial charge on any atom is -0.423 e. The molecule has 1 heterocycles. The molecular weight excluding hydrogens is 390 g/mol. The van der Waals surface area contributed by atoms with Crippen LogP contribution in [0.4, 0.5) is 0 Å².